The number of hydrogen-bond acceptors (Lipinski definition) is 6. The molecule has 0 spiro atoms. The number of nitrogens with one attached hydrogen (secondary N) is 1. The first-order chi connectivity index (χ1) is 15.6. The van der Waals surface area contributed by atoms with Crippen molar-refractivity contribution in [1.29, 1.82) is 0 Å². The zero-order valence-electron chi connectivity index (χ0n) is 17.2. The van der Waals surface area contributed by atoms with E-state index in [1.165, 1.54) is 4.57 Å². The highest BCUT2D eigenvalue weighted by atomic mass is 16.7. The van der Waals surface area contributed by atoms with Crippen molar-refractivity contribution in [1.82, 2.24) is 9.55 Å². The van der Waals surface area contributed by atoms with Crippen LogP contribution in [-0.2, 0) is 11.8 Å². The number of aromatic nitrogens is 2. The second kappa shape index (κ2) is 8.07. The molecule has 0 saturated heterocycles. The van der Waals surface area contributed by atoms with Gasteiger partial charge in [0.1, 0.15) is 11.6 Å². The van der Waals surface area contributed by atoms with Crippen LogP contribution >= 0.6 is 0 Å². The van der Waals surface area contributed by atoms with Crippen molar-refractivity contribution in [2.45, 2.75) is 0 Å². The molecule has 1 N–H and O–H groups in total. The molecule has 0 radical (unpaired) electrons. The fourth-order valence-corrected chi connectivity index (χ4v) is 3.50. The maximum Gasteiger partial charge on any atom is 0.262 e. The lowest BCUT2D eigenvalue weighted by Gasteiger charge is -2.11. The van der Waals surface area contributed by atoms with Gasteiger partial charge in [-0.05, 0) is 48.5 Å². The van der Waals surface area contributed by atoms with Gasteiger partial charge in [0.2, 0.25) is 6.79 Å². The minimum atomic E-state index is -0.300. The van der Waals surface area contributed by atoms with E-state index in [9.17, 15) is 9.59 Å². The van der Waals surface area contributed by atoms with Crippen LogP contribution in [0, 0.1) is 0 Å². The van der Waals surface area contributed by atoms with Crippen molar-refractivity contribution in [3.8, 4) is 28.6 Å². The molecule has 32 heavy (non-hydrogen) atoms. The van der Waals surface area contributed by atoms with Gasteiger partial charge >= 0.3 is 0 Å². The molecular weight excluding hydrogens is 410 g/mol. The molecule has 1 aliphatic rings. The Morgan fingerprint density at radius 2 is 1.84 bits per heavy atom. The first-order valence-corrected chi connectivity index (χ1v) is 9.97. The zero-order valence-corrected chi connectivity index (χ0v) is 17.2. The van der Waals surface area contributed by atoms with Gasteiger partial charge in [-0.1, -0.05) is 12.1 Å². The van der Waals surface area contributed by atoms with Crippen LogP contribution in [0.15, 0.2) is 71.5 Å². The quantitative estimate of drug-likeness (QED) is 0.523. The number of fused-ring (bicyclic) bond motifs is 2. The Kier molecular flexibility index (Phi) is 4.95. The van der Waals surface area contributed by atoms with Crippen LogP contribution < -0.4 is 25.1 Å². The summed E-state index contributed by atoms with van der Waals surface area (Å²) in [5.41, 5.74) is 1.91. The van der Waals surface area contributed by atoms with E-state index >= 15 is 0 Å². The average molecular weight is 429 g/mol. The first-order valence-electron chi connectivity index (χ1n) is 9.97. The fraction of sp³-hybridized carbons (Fsp3) is 0.125. The molecule has 0 aliphatic carbocycles. The largest absolute Gasteiger partial charge is 0.484 e. The Hall–Kier alpha value is -4.33. The molecule has 0 fully saturated rings. The molecule has 4 aromatic rings. The van der Waals surface area contributed by atoms with Gasteiger partial charge in [0.05, 0.1) is 10.9 Å². The number of rotatable bonds is 5. The SMILES string of the molecule is Cn1c(-c2ccc(OCC(=O)Nc3ccc4c(c3)OCO4)cc2)nc2ccccc2c1=O. The second-order valence-electron chi connectivity index (χ2n) is 7.25. The topological polar surface area (TPSA) is 91.7 Å². The lowest BCUT2D eigenvalue weighted by molar-refractivity contribution is -0.118. The summed E-state index contributed by atoms with van der Waals surface area (Å²) < 4.78 is 17.7. The molecule has 1 amide bonds. The van der Waals surface area contributed by atoms with Gasteiger partial charge in [-0.15, -0.1) is 0 Å². The number of benzene rings is 3. The van der Waals surface area contributed by atoms with Crippen LogP contribution in [0.25, 0.3) is 22.3 Å². The van der Waals surface area contributed by atoms with Crippen LogP contribution in [0.1, 0.15) is 0 Å². The summed E-state index contributed by atoms with van der Waals surface area (Å²) in [6.07, 6.45) is 0. The van der Waals surface area contributed by atoms with Crippen LogP contribution in [0.3, 0.4) is 0 Å². The summed E-state index contributed by atoms with van der Waals surface area (Å²) in [7, 11) is 1.70. The smallest absolute Gasteiger partial charge is 0.262 e. The maximum atomic E-state index is 12.6. The standard InChI is InChI=1S/C24H19N3O5/c1-27-23(26-19-5-3-2-4-18(19)24(27)29)15-6-9-17(10-7-15)30-13-22(28)25-16-8-11-20-21(12-16)32-14-31-20/h2-12H,13-14H2,1H3,(H,25,28). The monoisotopic (exact) mass is 429 g/mol. The van der Waals surface area contributed by atoms with Crippen LogP contribution in [0.5, 0.6) is 17.2 Å². The van der Waals surface area contributed by atoms with Crippen molar-refractivity contribution in [2.75, 3.05) is 18.7 Å². The Balaban J connectivity index is 1.26. The Labute approximate surface area is 183 Å². The summed E-state index contributed by atoms with van der Waals surface area (Å²) in [6.45, 7) is 0.0230. The van der Waals surface area contributed by atoms with E-state index in [1.54, 1.807) is 43.4 Å². The third kappa shape index (κ3) is 3.74. The van der Waals surface area contributed by atoms with Gasteiger partial charge in [0.15, 0.2) is 18.1 Å². The van der Waals surface area contributed by atoms with Crippen LogP contribution in [-0.4, -0.2) is 28.9 Å². The molecule has 3 aromatic carbocycles. The zero-order chi connectivity index (χ0) is 22.1. The lowest BCUT2D eigenvalue weighted by Crippen LogP contribution is -2.20. The van der Waals surface area contributed by atoms with Crippen molar-refractivity contribution < 1.29 is 19.0 Å². The average Bonchev–Trinajstić information content (AvgIpc) is 3.28. The fourth-order valence-electron chi connectivity index (χ4n) is 3.50. The lowest BCUT2D eigenvalue weighted by atomic mass is 10.1. The van der Waals surface area contributed by atoms with Gasteiger partial charge < -0.3 is 19.5 Å². The summed E-state index contributed by atoms with van der Waals surface area (Å²) in [5.74, 6) is 2.03. The number of hydrogen-bond donors (Lipinski definition) is 1. The molecular formula is C24H19N3O5. The number of carbonyl (C=O) groups excluding carboxylic acids is 1. The molecule has 1 aromatic heterocycles. The third-order valence-electron chi connectivity index (χ3n) is 5.12. The van der Waals surface area contributed by atoms with E-state index in [0.29, 0.717) is 39.7 Å². The Bertz CT molecular complexity index is 1380. The molecule has 0 saturated carbocycles. The number of amides is 1. The van der Waals surface area contributed by atoms with Crippen molar-refractivity contribution in [3.05, 3.63) is 77.1 Å². The molecule has 1 aliphatic heterocycles. The second-order valence-corrected chi connectivity index (χ2v) is 7.25. The predicted octanol–water partition coefficient (Wildman–Crippen LogP) is 3.35. The molecule has 0 atom stereocenters. The van der Waals surface area contributed by atoms with E-state index in [0.717, 1.165) is 5.56 Å². The highest BCUT2D eigenvalue weighted by Crippen LogP contribution is 2.34. The molecule has 8 heteroatoms. The molecule has 2 heterocycles. The summed E-state index contributed by atoms with van der Waals surface area (Å²) in [5, 5.41) is 3.34. The first kappa shape index (κ1) is 19.6. The minimum absolute atomic E-state index is 0.105. The van der Waals surface area contributed by atoms with E-state index in [2.05, 4.69) is 10.3 Å². The van der Waals surface area contributed by atoms with Gasteiger partial charge in [0, 0.05) is 24.4 Å². The summed E-state index contributed by atoms with van der Waals surface area (Å²) >= 11 is 0. The van der Waals surface area contributed by atoms with Gasteiger partial charge in [-0.3, -0.25) is 14.2 Å². The third-order valence-corrected chi connectivity index (χ3v) is 5.12. The highest BCUT2D eigenvalue weighted by Gasteiger charge is 2.14. The van der Waals surface area contributed by atoms with Crippen molar-refractivity contribution in [3.63, 3.8) is 0 Å². The maximum absolute atomic E-state index is 12.6. The number of carbonyl (C=O) groups is 1. The Morgan fingerprint density at radius 3 is 2.69 bits per heavy atom. The van der Waals surface area contributed by atoms with Crippen LogP contribution in [0.2, 0.25) is 0 Å². The summed E-state index contributed by atoms with van der Waals surface area (Å²) in [6, 6.07) is 19.5. The number of ether oxygens (including phenoxy) is 3. The van der Waals surface area contributed by atoms with E-state index < -0.39 is 0 Å². The molecule has 0 bridgehead atoms. The van der Waals surface area contributed by atoms with Gasteiger partial charge in [-0.25, -0.2) is 4.98 Å². The Morgan fingerprint density at radius 1 is 1.06 bits per heavy atom. The van der Waals surface area contributed by atoms with Gasteiger partial charge in [0.25, 0.3) is 11.5 Å². The predicted molar refractivity (Wildman–Crippen MR) is 119 cm³/mol. The number of para-hydroxylation sites is 1. The summed E-state index contributed by atoms with van der Waals surface area (Å²) in [4.78, 5) is 29.5. The normalized spacial score (nSPS) is 12.0. The van der Waals surface area contributed by atoms with Gasteiger partial charge in [-0.2, -0.15) is 0 Å². The number of nitrogens with zero attached hydrogens (tertiary/aromatic N) is 2. The molecule has 0 unspecified atom stereocenters. The van der Waals surface area contributed by atoms with E-state index in [-0.39, 0.29) is 24.9 Å². The van der Waals surface area contributed by atoms with E-state index in [1.807, 2.05) is 30.3 Å². The van der Waals surface area contributed by atoms with Crippen molar-refractivity contribution >= 4 is 22.5 Å². The molecule has 160 valence electrons. The van der Waals surface area contributed by atoms with Crippen molar-refractivity contribution in [2.24, 2.45) is 7.05 Å². The highest BCUT2D eigenvalue weighted by molar-refractivity contribution is 5.92. The van der Waals surface area contributed by atoms with E-state index in [4.69, 9.17) is 14.2 Å². The molecule has 5 rings (SSSR count). The molecule has 8 nitrogen and oxygen atoms in total. The minimum Gasteiger partial charge on any atom is -0.484 e. The van der Waals surface area contributed by atoms with Crippen LogP contribution in [0.4, 0.5) is 5.69 Å². The number of anilines is 1.